The van der Waals surface area contributed by atoms with Crippen LogP contribution >= 0.6 is 0 Å². The molecule has 10 heavy (non-hydrogen) atoms. The Morgan fingerprint density at radius 2 is 1.90 bits per heavy atom. The molecule has 0 aromatic heterocycles. The molecule has 0 aromatic carbocycles. The van der Waals surface area contributed by atoms with Crippen molar-refractivity contribution in [2.45, 2.75) is 32.5 Å². The van der Waals surface area contributed by atoms with E-state index in [1.54, 1.807) is 0 Å². The fourth-order valence-electron chi connectivity index (χ4n) is 0.826. The summed E-state index contributed by atoms with van der Waals surface area (Å²) in [5.41, 5.74) is 0. The summed E-state index contributed by atoms with van der Waals surface area (Å²) in [5, 5.41) is 17.3. The number of hydrogen-bond acceptors (Lipinski definition) is 2. The molecule has 0 heterocycles. The Morgan fingerprint density at radius 1 is 1.40 bits per heavy atom. The van der Waals surface area contributed by atoms with Gasteiger partial charge in [0.1, 0.15) is 0 Å². The minimum Gasteiger partial charge on any atom is -0.368 e. The van der Waals surface area contributed by atoms with E-state index in [-0.39, 0.29) is 24.8 Å². The van der Waals surface area contributed by atoms with E-state index in [2.05, 4.69) is 6.92 Å². The molecule has 0 aromatic rings. The van der Waals surface area contributed by atoms with Crippen molar-refractivity contribution in [2.24, 2.45) is 5.92 Å². The van der Waals surface area contributed by atoms with Gasteiger partial charge in [-0.2, -0.15) is 6.42 Å². The average Bonchev–Trinajstić information content (AvgIpc) is 1.82. The van der Waals surface area contributed by atoms with Crippen molar-refractivity contribution in [3.8, 4) is 0 Å². The largest absolute Gasteiger partial charge is 1.00 e. The normalized spacial score (nSPS) is 12.9. The van der Waals surface area contributed by atoms with Crippen molar-refractivity contribution in [1.82, 2.24) is 0 Å². The SMILES string of the molecule is [CH2-]CCC(CC)C(O)O.[Li+]. The average molecular weight is 138 g/mol. The first-order valence-corrected chi connectivity index (χ1v) is 3.37. The van der Waals surface area contributed by atoms with Gasteiger partial charge in [-0.05, 0) is 6.42 Å². The molecule has 1 unspecified atom stereocenters. The van der Waals surface area contributed by atoms with Crippen LogP contribution in [-0.2, 0) is 0 Å². The second-order valence-electron chi connectivity index (χ2n) is 2.22. The number of hydrogen-bond donors (Lipinski definition) is 2. The molecule has 0 radical (unpaired) electrons. The summed E-state index contributed by atoms with van der Waals surface area (Å²) in [7, 11) is 0. The van der Waals surface area contributed by atoms with Gasteiger partial charge in [0, 0.05) is 5.92 Å². The molecule has 0 rings (SSSR count). The first-order chi connectivity index (χ1) is 4.22. The van der Waals surface area contributed by atoms with Crippen LogP contribution in [0.4, 0.5) is 0 Å². The number of rotatable bonds is 4. The molecule has 0 aliphatic carbocycles. The van der Waals surface area contributed by atoms with Crippen LogP contribution < -0.4 is 18.9 Å². The van der Waals surface area contributed by atoms with Gasteiger partial charge in [-0.3, -0.25) is 0 Å². The van der Waals surface area contributed by atoms with Gasteiger partial charge in [0.15, 0.2) is 6.29 Å². The molecule has 0 fully saturated rings. The van der Waals surface area contributed by atoms with Gasteiger partial charge >= 0.3 is 18.9 Å². The van der Waals surface area contributed by atoms with Crippen LogP contribution in [-0.4, -0.2) is 16.5 Å². The van der Waals surface area contributed by atoms with E-state index in [1.165, 1.54) is 0 Å². The predicted octanol–water partition coefficient (Wildman–Crippen LogP) is -2.06. The Balaban J connectivity index is 0. The van der Waals surface area contributed by atoms with Crippen LogP contribution in [0.1, 0.15) is 26.2 Å². The van der Waals surface area contributed by atoms with E-state index in [0.717, 1.165) is 19.3 Å². The predicted molar refractivity (Wildman–Crippen MR) is 36.6 cm³/mol. The van der Waals surface area contributed by atoms with E-state index < -0.39 is 6.29 Å². The molecule has 0 aliphatic heterocycles. The van der Waals surface area contributed by atoms with Gasteiger partial charge in [-0.15, -0.1) is 0 Å². The van der Waals surface area contributed by atoms with Crippen molar-refractivity contribution >= 4 is 0 Å². The second-order valence-corrected chi connectivity index (χ2v) is 2.22. The van der Waals surface area contributed by atoms with Gasteiger partial charge < -0.3 is 17.1 Å². The quantitative estimate of drug-likeness (QED) is 0.266. The molecule has 0 aliphatic rings. The molecule has 2 N–H and O–H groups in total. The Labute approximate surface area is 74.8 Å². The summed E-state index contributed by atoms with van der Waals surface area (Å²) in [6.07, 6.45) is 1.23. The zero-order chi connectivity index (χ0) is 7.28. The minimum absolute atomic E-state index is 0. The van der Waals surface area contributed by atoms with Crippen LogP contribution in [0, 0.1) is 12.8 Å². The van der Waals surface area contributed by atoms with Crippen LogP contribution in [0.15, 0.2) is 0 Å². The van der Waals surface area contributed by atoms with Crippen LogP contribution in [0.3, 0.4) is 0 Å². The standard InChI is InChI=1S/C7H15O2.Li/c1-3-5-6(4-2)7(8)9;/h6-9H,1,3-5H2,2H3;/q-1;+1. The zero-order valence-electron chi connectivity index (χ0n) is 6.88. The molecular formula is C7H15LiO2. The van der Waals surface area contributed by atoms with Gasteiger partial charge in [0.05, 0.1) is 0 Å². The van der Waals surface area contributed by atoms with E-state index in [9.17, 15) is 0 Å². The first-order valence-electron chi connectivity index (χ1n) is 3.37. The van der Waals surface area contributed by atoms with Gasteiger partial charge in [0.2, 0.25) is 0 Å². The Kier molecular flexibility index (Phi) is 10.0. The number of aliphatic hydroxyl groups excluding tert-OH is 1. The maximum absolute atomic E-state index is 8.67. The Bertz CT molecular complexity index is 66.6. The second kappa shape index (κ2) is 7.62. The zero-order valence-corrected chi connectivity index (χ0v) is 6.88. The van der Waals surface area contributed by atoms with Crippen LogP contribution in [0.25, 0.3) is 0 Å². The molecule has 0 amide bonds. The maximum atomic E-state index is 8.67. The third-order valence-corrected chi connectivity index (χ3v) is 1.52. The Morgan fingerprint density at radius 3 is 2.00 bits per heavy atom. The molecule has 0 saturated heterocycles. The van der Waals surface area contributed by atoms with E-state index >= 15 is 0 Å². The van der Waals surface area contributed by atoms with E-state index in [4.69, 9.17) is 10.2 Å². The molecule has 1 atom stereocenters. The third kappa shape index (κ3) is 5.31. The first kappa shape index (κ1) is 13.1. The number of aliphatic hydroxyl groups is 2. The van der Waals surface area contributed by atoms with Crippen LogP contribution in [0.5, 0.6) is 0 Å². The third-order valence-electron chi connectivity index (χ3n) is 1.52. The van der Waals surface area contributed by atoms with Crippen molar-refractivity contribution < 1.29 is 29.1 Å². The molecule has 0 saturated carbocycles. The summed E-state index contributed by atoms with van der Waals surface area (Å²) in [6.45, 7) is 5.58. The van der Waals surface area contributed by atoms with Crippen molar-refractivity contribution in [3.05, 3.63) is 6.92 Å². The topological polar surface area (TPSA) is 40.5 Å². The Hall–Kier alpha value is 0.517. The molecular weight excluding hydrogens is 123 g/mol. The molecule has 2 nitrogen and oxygen atoms in total. The fourth-order valence-corrected chi connectivity index (χ4v) is 0.826. The monoisotopic (exact) mass is 138 g/mol. The molecule has 0 bridgehead atoms. The summed E-state index contributed by atoms with van der Waals surface area (Å²) in [5.74, 6) is 0.0162. The van der Waals surface area contributed by atoms with Gasteiger partial charge in [-0.1, -0.05) is 13.3 Å². The summed E-state index contributed by atoms with van der Waals surface area (Å²) < 4.78 is 0. The van der Waals surface area contributed by atoms with Crippen LogP contribution in [0.2, 0.25) is 0 Å². The molecule has 3 heteroatoms. The van der Waals surface area contributed by atoms with Crippen molar-refractivity contribution in [1.29, 1.82) is 0 Å². The van der Waals surface area contributed by atoms with E-state index in [1.807, 2.05) is 6.92 Å². The van der Waals surface area contributed by atoms with E-state index in [0.29, 0.717) is 0 Å². The minimum atomic E-state index is -1.16. The van der Waals surface area contributed by atoms with Gasteiger partial charge in [-0.25, -0.2) is 0 Å². The van der Waals surface area contributed by atoms with Crippen molar-refractivity contribution in [2.75, 3.05) is 0 Å². The molecule has 56 valence electrons. The summed E-state index contributed by atoms with van der Waals surface area (Å²) in [4.78, 5) is 0. The smallest absolute Gasteiger partial charge is 0.368 e. The molecule has 0 spiro atoms. The maximum Gasteiger partial charge on any atom is 1.00 e. The van der Waals surface area contributed by atoms with Crippen molar-refractivity contribution in [3.63, 3.8) is 0 Å². The summed E-state index contributed by atoms with van der Waals surface area (Å²) >= 11 is 0. The summed E-state index contributed by atoms with van der Waals surface area (Å²) in [6, 6.07) is 0. The fraction of sp³-hybridized carbons (Fsp3) is 0.857. The van der Waals surface area contributed by atoms with Gasteiger partial charge in [0.25, 0.3) is 0 Å².